The van der Waals surface area contributed by atoms with E-state index in [-0.39, 0.29) is 6.42 Å². The Balaban J connectivity index is 5.27. The van der Waals surface area contributed by atoms with E-state index < -0.39 is 61.1 Å². The Kier molecular flexibility index (Phi) is 8.37. The van der Waals surface area contributed by atoms with Crippen molar-refractivity contribution < 1.29 is 44.0 Å². The number of hydrogen-bond acceptors (Lipinski definition) is 6. The van der Waals surface area contributed by atoms with Crippen LogP contribution in [0.3, 0.4) is 0 Å². The third-order valence-corrected chi connectivity index (χ3v) is 2.60. The van der Waals surface area contributed by atoms with Gasteiger partial charge in [-0.1, -0.05) is 0 Å². The molecule has 1 unspecified atom stereocenters. The number of aliphatic carboxylic acids is 3. The number of nitrogens with one attached hydrogen (secondary N) is 1. The lowest BCUT2D eigenvalue weighted by Crippen LogP contribution is -2.52. The van der Waals surface area contributed by atoms with Crippen LogP contribution in [0.15, 0.2) is 0 Å². The smallest absolute Gasteiger partial charge is 0.408 e. The molecule has 0 bridgehead atoms. The van der Waals surface area contributed by atoms with Crippen LogP contribution in [0.25, 0.3) is 0 Å². The molecule has 4 N–H and O–H groups in total. The quantitative estimate of drug-likeness (QED) is 0.431. The second-order valence-electron chi connectivity index (χ2n) is 6.11. The number of rotatable bonds is 9. The fraction of sp³-hybridized carbons (Fsp3) is 0.643. The van der Waals surface area contributed by atoms with Crippen LogP contribution in [-0.2, 0) is 23.9 Å². The molecule has 0 aliphatic carbocycles. The monoisotopic (exact) mass is 362 g/mol. The van der Waals surface area contributed by atoms with Gasteiger partial charge in [0.2, 0.25) is 5.91 Å². The molecule has 25 heavy (non-hydrogen) atoms. The molecule has 11 heteroatoms. The Morgan fingerprint density at radius 3 is 1.80 bits per heavy atom. The van der Waals surface area contributed by atoms with E-state index in [0.717, 1.165) is 0 Å². The molecule has 0 aromatic rings. The molecule has 0 aliphatic rings. The Labute approximate surface area is 143 Å². The van der Waals surface area contributed by atoms with Crippen molar-refractivity contribution in [3.05, 3.63) is 0 Å². The Hall–Kier alpha value is -2.85. The number of carboxylic acids is 3. The van der Waals surface area contributed by atoms with E-state index in [1.807, 2.05) is 0 Å². The molecular weight excluding hydrogens is 340 g/mol. The van der Waals surface area contributed by atoms with E-state index in [1.54, 1.807) is 20.8 Å². The molecule has 0 aliphatic heterocycles. The lowest BCUT2D eigenvalue weighted by atomic mass is 10.1. The molecular formula is C14H22N2O9. The van der Waals surface area contributed by atoms with Crippen molar-refractivity contribution in [3.8, 4) is 0 Å². The first-order chi connectivity index (χ1) is 11.3. The molecule has 0 aromatic carbocycles. The van der Waals surface area contributed by atoms with Crippen LogP contribution < -0.4 is 5.32 Å². The molecule has 0 heterocycles. The number of alkyl carbamates (subject to hydrolysis) is 1. The van der Waals surface area contributed by atoms with Crippen molar-refractivity contribution in [1.29, 1.82) is 0 Å². The van der Waals surface area contributed by atoms with Gasteiger partial charge in [0.25, 0.3) is 0 Å². The van der Waals surface area contributed by atoms with E-state index >= 15 is 0 Å². The highest BCUT2D eigenvalue weighted by molar-refractivity contribution is 5.90. The van der Waals surface area contributed by atoms with E-state index in [2.05, 4.69) is 5.32 Å². The number of nitrogens with zero attached hydrogens (tertiary/aromatic N) is 1. The van der Waals surface area contributed by atoms with E-state index in [4.69, 9.17) is 20.1 Å². The first-order valence-electron chi connectivity index (χ1n) is 7.25. The van der Waals surface area contributed by atoms with Gasteiger partial charge in [-0.3, -0.25) is 19.2 Å². The van der Waals surface area contributed by atoms with Crippen LogP contribution in [0.2, 0.25) is 0 Å². The lowest BCUT2D eigenvalue weighted by Gasteiger charge is -2.26. The summed E-state index contributed by atoms with van der Waals surface area (Å²) in [4.78, 5) is 57.0. The molecule has 2 amide bonds. The van der Waals surface area contributed by atoms with Gasteiger partial charge < -0.3 is 30.3 Å². The summed E-state index contributed by atoms with van der Waals surface area (Å²) < 4.78 is 4.97. The van der Waals surface area contributed by atoms with Gasteiger partial charge in [-0.15, -0.1) is 0 Å². The molecule has 0 saturated heterocycles. The van der Waals surface area contributed by atoms with Gasteiger partial charge in [0.15, 0.2) is 0 Å². The summed E-state index contributed by atoms with van der Waals surface area (Å²) in [6, 6.07) is -1.44. The zero-order chi connectivity index (χ0) is 19.8. The summed E-state index contributed by atoms with van der Waals surface area (Å²) in [6.07, 6.45) is -1.87. The Morgan fingerprint density at radius 2 is 1.44 bits per heavy atom. The van der Waals surface area contributed by atoms with Crippen LogP contribution in [0.5, 0.6) is 0 Å². The molecule has 0 rings (SSSR count). The van der Waals surface area contributed by atoms with Crippen LogP contribution in [-0.4, -0.2) is 74.9 Å². The first-order valence-corrected chi connectivity index (χ1v) is 7.25. The summed E-state index contributed by atoms with van der Waals surface area (Å²) in [7, 11) is 0. The lowest BCUT2D eigenvalue weighted by molar-refractivity contribution is -0.150. The van der Waals surface area contributed by atoms with Gasteiger partial charge in [-0.05, 0) is 27.2 Å². The average molecular weight is 362 g/mol. The highest BCUT2D eigenvalue weighted by atomic mass is 16.6. The zero-order valence-electron chi connectivity index (χ0n) is 14.1. The number of carbonyl (C=O) groups excluding carboxylic acids is 2. The summed E-state index contributed by atoms with van der Waals surface area (Å²) in [5, 5.41) is 28.5. The summed E-state index contributed by atoms with van der Waals surface area (Å²) in [6.45, 7) is 2.89. The second-order valence-corrected chi connectivity index (χ2v) is 6.11. The van der Waals surface area contributed by atoms with Crippen LogP contribution in [0.4, 0.5) is 4.79 Å². The van der Waals surface area contributed by atoms with Crippen molar-refractivity contribution in [1.82, 2.24) is 10.2 Å². The predicted octanol–water partition coefficient (Wildman–Crippen LogP) is -0.258. The molecule has 0 radical (unpaired) electrons. The largest absolute Gasteiger partial charge is 0.481 e. The predicted molar refractivity (Wildman–Crippen MR) is 81.9 cm³/mol. The van der Waals surface area contributed by atoms with Crippen LogP contribution in [0.1, 0.15) is 33.6 Å². The fourth-order valence-corrected chi connectivity index (χ4v) is 1.73. The van der Waals surface area contributed by atoms with E-state index in [0.29, 0.717) is 4.90 Å². The molecule has 0 saturated carbocycles. The maximum absolute atomic E-state index is 12.4. The number of amides is 2. The van der Waals surface area contributed by atoms with Gasteiger partial charge in [0, 0.05) is 6.42 Å². The van der Waals surface area contributed by atoms with Crippen molar-refractivity contribution in [2.75, 3.05) is 13.1 Å². The second kappa shape index (κ2) is 9.45. The van der Waals surface area contributed by atoms with Crippen molar-refractivity contribution >= 4 is 29.9 Å². The SMILES string of the molecule is CC(C)(C)OC(=O)NC(CCC(=O)O)C(=O)N(CC(=O)O)CC(=O)O. The van der Waals surface area contributed by atoms with Crippen molar-refractivity contribution in [3.63, 3.8) is 0 Å². The summed E-state index contributed by atoms with van der Waals surface area (Å²) in [5.74, 6) is -5.18. The van der Waals surface area contributed by atoms with Gasteiger partial charge in [0.05, 0.1) is 0 Å². The summed E-state index contributed by atoms with van der Waals surface area (Å²) in [5.41, 5.74) is -0.883. The standard InChI is InChI=1S/C14H22N2O9/c1-14(2,3)25-13(24)15-8(4-5-9(17)18)12(23)16(6-10(19)20)7-11(21)22/h8H,4-7H2,1-3H3,(H,15,24)(H,17,18)(H,19,20)(H,21,22). The molecule has 1 atom stereocenters. The zero-order valence-corrected chi connectivity index (χ0v) is 14.1. The molecule has 142 valence electrons. The molecule has 0 spiro atoms. The Bertz CT molecular complexity index is 523. The third-order valence-electron chi connectivity index (χ3n) is 2.60. The Morgan fingerprint density at radius 1 is 0.960 bits per heavy atom. The maximum Gasteiger partial charge on any atom is 0.408 e. The van der Waals surface area contributed by atoms with Gasteiger partial charge in [-0.25, -0.2) is 4.79 Å². The maximum atomic E-state index is 12.4. The number of ether oxygens (including phenoxy) is 1. The third kappa shape index (κ3) is 10.5. The minimum Gasteiger partial charge on any atom is -0.481 e. The van der Waals surface area contributed by atoms with Gasteiger partial charge >= 0.3 is 24.0 Å². The topological polar surface area (TPSA) is 171 Å². The highest BCUT2D eigenvalue weighted by Gasteiger charge is 2.30. The first kappa shape index (κ1) is 22.1. The molecule has 11 nitrogen and oxygen atoms in total. The summed E-state index contributed by atoms with van der Waals surface area (Å²) >= 11 is 0. The highest BCUT2D eigenvalue weighted by Crippen LogP contribution is 2.09. The normalized spacial score (nSPS) is 12.0. The number of carbonyl (C=O) groups is 5. The van der Waals surface area contributed by atoms with Crippen LogP contribution in [0, 0.1) is 0 Å². The minimum atomic E-state index is -1.45. The van der Waals surface area contributed by atoms with Gasteiger partial charge in [-0.2, -0.15) is 0 Å². The van der Waals surface area contributed by atoms with Gasteiger partial charge in [0.1, 0.15) is 24.7 Å². The number of carboxylic acid groups (broad SMARTS) is 3. The van der Waals surface area contributed by atoms with Crippen LogP contribution >= 0.6 is 0 Å². The van der Waals surface area contributed by atoms with E-state index in [9.17, 15) is 24.0 Å². The van der Waals surface area contributed by atoms with Crippen molar-refractivity contribution in [2.24, 2.45) is 0 Å². The fourth-order valence-electron chi connectivity index (χ4n) is 1.73. The van der Waals surface area contributed by atoms with E-state index in [1.165, 1.54) is 0 Å². The minimum absolute atomic E-state index is 0.358. The number of hydrogen-bond donors (Lipinski definition) is 4. The average Bonchev–Trinajstić information content (AvgIpc) is 2.38. The molecule has 0 fully saturated rings. The molecule has 0 aromatic heterocycles. The van der Waals surface area contributed by atoms with Crippen molar-refractivity contribution in [2.45, 2.75) is 45.3 Å².